The molecule has 0 saturated carbocycles. The molecular formula is C13H11Cl2N3O2. The van der Waals surface area contributed by atoms with Gasteiger partial charge < -0.3 is 15.5 Å². The molecule has 0 saturated heterocycles. The van der Waals surface area contributed by atoms with Gasteiger partial charge in [0, 0.05) is 0 Å². The minimum atomic E-state index is -0.381. The monoisotopic (exact) mass is 311 g/mol. The number of carbonyl (C=O) groups excluding carboxylic acids is 1. The topological polar surface area (TPSA) is 80.6 Å². The molecule has 0 radical (unpaired) electrons. The molecule has 0 atom stereocenters. The van der Waals surface area contributed by atoms with E-state index in [1.807, 2.05) is 0 Å². The van der Waals surface area contributed by atoms with Crippen LogP contribution >= 0.6 is 23.2 Å². The highest BCUT2D eigenvalue weighted by Crippen LogP contribution is 2.27. The van der Waals surface area contributed by atoms with E-state index in [2.05, 4.69) is 10.3 Å². The van der Waals surface area contributed by atoms with Gasteiger partial charge in [-0.15, -0.1) is 11.6 Å². The highest BCUT2D eigenvalue weighted by Gasteiger charge is 2.11. The van der Waals surface area contributed by atoms with Gasteiger partial charge in [-0.25, -0.2) is 4.99 Å². The van der Waals surface area contributed by atoms with Crippen LogP contribution in [0.5, 0.6) is 0 Å². The van der Waals surface area contributed by atoms with E-state index in [1.54, 1.807) is 30.3 Å². The maximum Gasteiger partial charge on any atom is 0.291 e. The second-order valence-corrected chi connectivity index (χ2v) is 4.51. The fraction of sp³-hybridized carbons (Fsp3) is 0.0769. The number of anilines is 1. The van der Waals surface area contributed by atoms with E-state index < -0.39 is 0 Å². The van der Waals surface area contributed by atoms with Crippen molar-refractivity contribution in [3.63, 3.8) is 0 Å². The summed E-state index contributed by atoms with van der Waals surface area (Å²) in [5.41, 5.74) is 6.55. The minimum Gasteiger partial charge on any atom is -0.459 e. The van der Waals surface area contributed by atoms with Crippen LogP contribution in [0.3, 0.4) is 0 Å². The Hall–Kier alpha value is -1.98. The molecule has 1 aromatic heterocycles. The van der Waals surface area contributed by atoms with Gasteiger partial charge in [0.05, 0.1) is 28.5 Å². The van der Waals surface area contributed by atoms with Crippen molar-refractivity contribution in [1.82, 2.24) is 0 Å². The minimum absolute atomic E-state index is 0.134. The third-order valence-corrected chi connectivity index (χ3v) is 2.94. The molecule has 0 aliphatic carbocycles. The summed E-state index contributed by atoms with van der Waals surface area (Å²) in [7, 11) is 0. The molecule has 1 heterocycles. The summed E-state index contributed by atoms with van der Waals surface area (Å²) < 4.78 is 4.99. The Kier molecular flexibility index (Phi) is 4.65. The number of amides is 1. The highest BCUT2D eigenvalue weighted by molar-refractivity contribution is 6.34. The number of nitrogens with two attached hydrogens (primary N) is 1. The van der Waals surface area contributed by atoms with Gasteiger partial charge in [0.25, 0.3) is 5.91 Å². The van der Waals surface area contributed by atoms with E-state index in [0.717, 1.165) is 0 Å². The van der Waals surface area contributed by atoms with Crippen LogP contribution in [0.15, 0.2) is 46.0 Å². The molecule has 1 aromatic carbocycles. The number of nitrogens with one attached hydrogen (secondary N) is 1. The van der Waals surface area contributed by atoms with Gasteiger partial charge in [-0.05, 0) is 30.3 Å². The second-order valence-electron chi connectivity index (χ2n) is 3.83. The van der Waals surface area contributed by atoms with Crippen LogP contribution in [0, 0.1) is 0 Å². The Morgan fingerprint density at radius 2 is 2.20 bits per heavy atom. The average Bonchev–Trinajstić information content (AvgIpc) is 2.95. The van der Waals surface area contributed by atoms with Crippen molar-refractivity contribution in [3.8, 4) is 0 Å². The molecule has 7 heteroatoms. The Balaban J connectivity index is 2.16. The van der Waals surface area contributed by atoms with Gasteiger partial charge in [-0.1, -0.05) is 11.6 Å². The van der Waals surface area contributed by atoms with E-state index in [1.165, 1.54) is 6.26 Å². The maximum atomic E-state index is 11.8. The van der Waals surface area contributed by atoms with E-state index >= 15 is 0 Å². The summed E-state index contributed by atoms with van der Waals surface area (Å²) in [5.74, 6) is 0.243. The summed E-state index contributed by atoms with van der Waals surface area (Å²) >= 11 is 11.6. The van der Waals surface area contributed by atoms with Crippen LogP contribution in [0.25, 0.3) is 0 Å². The Morgan fingerprint density at radius 3 is 2.80 bits per heavy atom. The number of furan rings is 1. The second kappa shape index (κ2) is 6.45. The summed E-state index contributed by atoms with van der Waals surface area (Å²) in [6.45, 7) is 0. The lowest BCUT2D eigenvalue weighted by Gasteiger charge is -2.06. The predicted molar refractivity (Wildman–Crippen MR) is 80.1 cm³/mol. The standard InChI is InChI=1S/C13H11Cl2N3O2/c14-7-12(16)17-8-3-4-10(9(15)6-8)18-13(19)11-2-1-5-20-11/h1-6H,7H2,(H2,16,17)(H,18,19). The van der Waals surface area contributed by atoms with E-state index in [-0.39, 0.29) is 23.4 Å². The largest absolute Gasteiger partial charge is 0.459 e. The van der Waals surface area contributed by atoms with Crippen molar-refractivity contribution < 1.29 is 9.21 Å². The first-order chi connectivity index (χ1) is 9.60. The number of amidine groups is 1. The van der Waals surface area contributed by atoms with Crippen molar-refractivity contribution in [2.24, 2.45) is 10.7 Å². The zero-order chi connectivity index (χ0) is 14.5. The van der Waals surface area contributed by atoms with Crippen molar-refractivity contribution in [1.29, 1.82) is 0 Å². The summed E-state index contributed by atoms with van der Waals surface area (Å²) in [6, 6.07) is 8.07. The number of hydrogen-bond acceptors (Lipinski definition) is 3. The first kappa shape index (κ1) is 14.4. The Bertz CT molecular complexity index is 639. The van der Waals surface area contributed by atoms with Crippen molar-refractivity contribution in [3.05, 3.63) is 47.4 Å². The molecule has 104 valence electrons. The van der Waals surface area contributed by atoms with E-state index in [0.29, 0.717) is 16.4 Å². The molecule has 2 rings (SSSR count). The Labute approximate surface area is 125 Å². The third kappa shape index (κ3) is 3.53. The molecule has 5 nitrogen and oxygen atoms in total. The number of rotatable bonds is 4. The number of alkyl halides is 1. The predicted octanol–water partition coefficient (Wildman–Crippen LogP) is 3.41. The average molecular weight is 312 g/mol. The molecule has 1 amide bonds. The summed E-state index contributed by atoms with van der Waals surface area (Å²) in [5, 5.41) is 2.98. The smallest absolute Gasteiger partial charge is 0.291 e. The molecule has 0 spiro atoms. The van der Waals surface area contributed by atoms with Crippen molar-refractivity contribution in [2.45, 2.75) is 0 Å². The fourth-order valence-corrected chi connectivity index (χ4v) is 1.74. The van der Waals surface area contributed by atoms with Crippen LogP contribution in [0.2, 0.25) is 5.02 Å². The lowest BCUT2D eigenvalue weighted by Crippen LogP contribution is -2.12. The highest BCUT2D eigenvalue weighted by atomic mass is 35.5. The van der Waals surface area contributed by atoms with E-state index in [4.69, 9.17) is 33.4 Å². The summed E-state index contributed by atoms with van der Waals surface area (Å²) in [4.78, 5) is 15.9. The third-order valence-electron chi connectivity index (χ3n) is 2.36. The first-order valence-electron chi connectivity index (χ1n) is 5.63. The molecule has 0 aliphatic heterocycles. The zero-order valence-corrected chi connectivity index (χ0v) is 11.8. The van der Waals surface area contributed by atoms with Gasteiger partial charge in [-0.2, -0.15) is 0 Å². The number of nitrogens with zero attached hydrogens (tertiary/aromatic N) is 1. The normalized spacial score (nSPS) is 11.4. The van der Waals surface area contributed by atoms with Gasteiger partial charge in [-0.3, -0.25) is 4.79 Å². The Morgan fingerprint density at radius 1 is 1.40 bits per heavy atom. The molecule has 2 aromatic rings. The quantitative estimate of drug-likeness (QED) is 0.516. The van der Waals surface area contributed by atoms with E-state index in [9.17, 15) is 4.79 Å². The molecule has 0 fully saturated rings. The molecular weight excluding hydrogens is 301 g/mol. The first-order valence-corrected chi connectivity index (χ1v) is 6.55. The lowest BCUT2D eigenvalue weighted by molar-refractivity contribution is 0.0996. The zero-order valence-electron chi connectivity index (χ0n) is 10.3. The van der Waals surface area contributed by atoms with Gasteiger partial charge in [0.1, 0.15) is 5.84 Å². The number of halogens is 2. The van der Waals surface area contributed by atoms with Crippen LogP contribution in [0.1, 0.15) is 10.6 Å². The van der Waals surface area contributed by atoms with Crippen LogP contribution in [0.4, 0.5) is 11.4 Å². The number of benzene rings is 1. The van der Waals surface area contributed by atoms with Crippen LogP contribution in [-0.2, 0) is 0 Å². The molecule has 0 aliphatic rings. The van der Waals surface area contributed by atoms with Gasteiger partial charge >= 0.3 is 0 Å². The molecule has 0 unspecified atom stereocenters. The number of aliphatic imine (C=N–C) groups is 1. The number of carbonyl (C=O) groups is 1. The number of hydrogen-bond donors (Lipinski definition) is 2. The molecule has 20 heavy (non-hydrogen) atoms. The molecule has 0 bridgehead atoms. The van der Waals surface area contributed by atoms with Gasteiger partial charge in [0.15, 0.2) is 5.76 Å². The lowest BCUT2D eigenvalue weighted by atomic mass is 10.2. The fourth-order valence-electron chi connectivity index (χ4n) is 1.46. The van der Waals surface area contributed by atoms with Crippen LogP contribution in [-0.4, -0.2) is 17.6 Å². The van der Waals surface area contributed by atoms with Gasteiger partial charge in [0.2, 0.25) is 0 Å². The summed E-state index contributed by atoms with van der Waals surface area (Å²) in [6.07, 6.45) is 1.42. The van der Waals surface area contributed by atoms with Crippen molar-refractivity contribution >= 4 is 46.3 Å². The SMILES string of the molecule is NC(CCl)=Nc1ccc(NC(=O)c2ccco2)c(Cl)c1. The molecule has 3 N–H and O–H groups in total. The van der Waals surface area contributed by atoms with Crippen LogP contribution < -0.4 is 11.1 Å². The van der Waals surface area contributed by atoms with Crippen molar-refractivity contribution in [2.75, 3.05) is 11.2 Å². The maximum absolute atomic E-state index is 11.8.